The summed E-state index contributed by atoms with van der Waals surface area (Å²) in [5, 5.41) is 19.2. The van der Waals surface area contributed by atoms with E-state index in [0.29, 0.717) is 18.7 Å². The quantitative estimate of drug-likeness (QED) is 0.730. The minimum Gasteiger partial charge on any atom is -0.503 e. The second-order valence-electron chi connectivity index (χ2n) is 5.38. The van der Waals surface area contributed by atoms with Crippen LogP contribution in [0.15, 0.2) is 17.1 Å². The molecule has 0 saturated carbocycles. The summed E-state index contributed by atoms with van der Waals surface area (Å²) in [7, 11) is 0. The van der Waals surface area contributed by atoms with Gasteiger partial charge in [-0.15, -0.1) is 0 Å². The van der Waals surface area contributed by atoms with Gasteiger partial charge in [0.1, 0.15) is 6.04 Å². The molecule has 6 nitrogen and oxygen atoms in total. The Morgan fingerprint density at radius 1 is 1.32 bits per heavy atom. The van der Waals surface area contributed by atoms with Crippen molar-refractivity contribution in [1.29, 1.82) is 0 Å². The lowest BCUT2D eigenvalue weighted by molar-refractivity contribution is -0.141. The van der Waals surface area contributed by atoms with Gasteiger partial charge in [0.15, 0.2) is 5.75 Å². The standard InChI is InChI=1S/C16H26N2O4/c1-4-7-8-13(16(21)22)18-11-15(20)14(19)9-12(18)10-17(5-2)6-3/h9,11,13,20H,4-8,10H2,1-3H3,(H,21,22). The maximum Gasteiger partial charge on any atom is 0.326 e. The van der Waals surface area contributed by atoms with E-state index in [1.807, 2.05) is 20.8 Å². The molecule has 1 unspecified atom stereocenters. The highest BCUT2D eigenvalue weighted by Gasteiger charge is 2.22. The first-order valence-corrected chi connectivity index (χ1v) is 7.83. The van der Waals surface area contributed by atoms with Gasteiger partial charge in [0.05, 0.1) is 6.20 Å². The molecule has 0 aromatic carbocycles. The van der Waals surface area contributed by atoms with Gasteiger partial charge in [-0.25, -0.2) is 4.79 Å². The first kappa shape index (κ1) is 18.2. The summed E-state index contributed by atoms with van der Waals surface area (Å²) in [6.45, 7) is 8.11. The Morgan fingerprint density at radius 2 is 1.95 bits per heavy atom. The van der Waals surface area contributed by atoms with Gasteiger partial charge in [0.25, 0.3) is 0 Å². The zero-order valence-corrected chi connectivity index (χ0v) is 13.6. The third-order valence-electron chi connectivity index (χ3n) is 3.88. The normalized spacial score (nSPS) is 12.5. The van der Waals surface area contributed by atoms with E-state index in [9.17, 15) is 19.8 Å². The first-order chi connectivity index (χ1) is 10.4. The van der Waals surface area contributed by atoms with E-state index in [2.05, 4.69) is 4.90 Å². The molecule has 0 aliphatic heterocycles. The van der Waals surface area contributed by atoms with Crippen LogP contribution in [0, 0.1) is 0 Å². The fourth-order valence-electron chi connectivity index (χ4n) is 2.45. The summed E-state index contributed by atoms with van der Waals surface area (Å²) in [6.07, 6.45) is 3.39. The number of carbonyl (C=O) groups is 1. The Kier molecular flexibility index (Phi) is 7.11. The van der Waals surface area contributed by atoms with Gasteiger partial charge in [-0.05, 0) is 19.5 Å². The van der Waals surface area contributed by atoms with E-state index in [1.54, 1.807) is 0 Å². The molecule has 0 spiro atoms. The SMILES string of the molecule is CCCCC(C(=O)O)n1cc(O)c(=O)cc1CN(CC)CC. The zero-order valence-electron chi connectivity index (χ0n) is 13.6. The molecule has 0 saturated heterocycles. The van der Waals surface area contributed by atoms with Crippen molar-refractivity contribution in [1.82, 2.24) is 9.47 Å². The Labute approximate surface area is 131 Å². The molecule has 2 N–H and O–H groups in total. The lowest BCUT2D eigenvalue weighted by Gasteiger charge is -2.25. The van der Waals surface area contributed by atoms with Crippen LogP contribution >= 0.6 is 0 Å². The molecule has 0 aliphatic rings. The van der Waals surface area contributed by atoms with Crippen LogP contribution in [0.4, 0.5) is 0 Å². The van der Waals surface area contributed by atoms with Crippen molar-refractivity contribution in [2.45, 2.75) is 52.6 Å². The smallest absolute Gasteiger partial charge is 0.326 e. The highest BCUT2D eigenvalue weighted by Crippen LogP contribution is 2.20. The van der Waals surface area contributed by atoms with Crippen molar-refractivity contribution in [2.75, 3.05) is 13.1 Å². The molecule has 0 amide bonds. The molecule has 1 heterocycles. The number of pyridine rings is 1. The second kappa shape index (κ2) is 8.58. The molecule has 0 aliphatic carbocycles. The number of carboxylic acids is 1. The molecule has 1 atom stereocenters. The van der Waals surface area contributed by atoms with Crippen LogP contribution in [0.5, 0.6) is 5.75 Å². The molecule has 22 heavy (non-hydrogen) atoms. The molecular weight excluding hydrogens is 284 g/mol. The molecule has 6 heteroatoms. The van der Waals surface area contributed by atoms with Gasteiger partial charge < -0.3 is 14.8 Å². The van der Waals surface area contributed by atoms with Gasteiger partial charge in [-0.2, -0.15) is 0 Å². The number of nitrogens with zero attached hydrogens (tertiary/aromatic N) is 2. The van der Waals surface area contributed by atoms with Crippen molar-refractivity contribution in [3.63, 3.8) is 0 Å². The van der Waals surface area contributed by atoms with Crippen LogP contribution < -0.4 is 5.43 Å². The molecule has 0 bridgehead atoms. The van der Waals surface area contributed by atoms with Crippen molar-refractivity contribution >= 4 is 5.97 Å². The van der Waals surface area contributed by atoms with Gasteiger partial charge in [0, 0.05) is 18.3 Å². The van der Waals surface area contributed by atoms with E-state index < -0.39 is 23.2 Å². The summed E-state index contributed by atoms with van der Waals surface area (Å²) in [4.78, 5) is 25.4. The van der Waals surface area contributed by atoms with E-state index in [0.717, 1.165) is 25.9 Å². The number of aromatic hydroxyl groups is 1. The average Bonchev–Trinajstić information content (AvgIpc) is 2.48. The lowest BCUT2D eigenvalue weighted by Crippen LogP contribution is -2.29. The predicted octanol–water partition coefficient (Wildman–Crippen LogP) is 2.21. The average molecular weight is 310 g/mol. The van der Waals surface area contributed by atoms with Gasteiger partial charge in [-0.1, -0.05) is 33.6 Å². The topological polar surface area (TPSA) is 82.8 Å². The Hall–Kier alpha value is -1.82. The van der Waals surface area contributed by atoms with E-state index in [4.69, 9.17) is 0 Å². The van der Waals surface area contributed by atoms with Gasteiger partial charge in [-0.3, -0.25) is 9.69 Å². The Morgan fingerprint density at radius 3 is 2.45 bits per heavy atom. The highest BCUT2D eigenvalue weighted by molar-refractivity contribution is 5.72. The van der Waals surface area contributed by atoms with Gasteiger partial charge >= 0.3 is 5.97 Å². The zero-order chi connectivity index (χ0) is 16.7. The van der Waals surface area contributed by atoms with Crippen LogP contribution in [0.1, 0.15) is 51.8 Å². The monoisotopic (exact) mass is 310 g/mol. The minimum absolute atomic E-state index is 0.411. The molecule has 0 radical (unpaired) electrons. The molecule has 1 aromatic rings. The summed E-state index contributed by atoms with van der Waals surface area (Å²) >= 11 is 0. The van der Waals surface area contributed by atoms with Crippen LogP contribution in [-0.4, -0.2) is 38.7 Å². The number of hydrogen-bond acceptors (Lipinski definition) is 4. The predicted molar refractivity (Wildman–Crippen MR) is 85.2 cm³/mol. The van der Waals surface area contributed by atoms with Crippen molar-refractivity contribution < 1.29 is 15.0 Å². The maximum absolute atomic E-state index is 11.7. The summed E-state index contributed by atoms with van der Waals surface area (Å²) in [5.74, 6) is -1.36. The third kappa shape index (κ3) is 4.59. The third-order valence-corrected chi connectivity index (χ3v) is 3.88. The molecule has 1 aromatic heterocycles. The summed E-state index contributed by atoms with van der Waals surface area (Å²) in [5.41, 5.74) is 0.146. The highest BCUT2D eigenvalue weighted by atomic mass is 16.4. The number of unbranched alkanes of at least 4 members (excludes halogenated alkanes) is 1. The molecule has 1 rings (SSSR count). The number of aromatic nitrogens is 1. The number of rotatable bonds is 9. The fraction of sp³-hybridized carbons (Fsp3) is 0.625. The van der Waals surface area contributed by atoms with Crippen LogP contribution in [0.2, 0.25) is 0 Å². The number of aliphatic carboxylic acids is 1. The fourth-order valence-corrected chi connectivity index (χ4v) is 2.45. The van der Waals surface area contributed by atoms with Crippen molar-refractivity contribution in [3.8, 4) is 5.75 Å². The Bertz CT molecular complexity index is 550. The van der Waals surface area contributed by atoms with Crippen LogP contribution in [0.25, 0.3) is 0 Å². The van der Waals surface area contributed by atoms with Crippen LogP contribution in [-0.2, 0) is 11.3 Å². The molecular formula is C16H26N2O4. The maximum atomic E-state index is 11.7. The van der Waals surface area contributed by atoms with E-state index in [-0.39, 0.29) is 0 Å². The van der Waals surface area contributed by atoms with E-state index in [1.165, 1.54) is 16.8 Å². The lowest BCUT2D eigenvalue weighted by atomic mass is 10.1. The second-order valence-corrected chi connectivity index (χ2v) is 5.38. The minimum atomic E-state index is -0.947. The largest absolute Gasteiger partial charge is 0.503 e. The number of hydrogen-bond donors (Lipinski definition) is 2. The Balaban J connectivity index is 3.26. The number of carboxylic acid groups (broad SMARTS) is 1. The van der Waals surface area contributed by atoms with E-state index >= 15 is 0 Å². The van der Waals surface area contributed by atoms with Crippen molar-refractivity contribution in [3.05, 3.63) is 28.2 Å². The summed E-state index contributed by atoms with van der Waals surface area (Å²) in [6, 6.07) is 0.576. The van der Waals surface area contributed by atoms with Crippen LogP contribution in [0.3, 0.4) is 0 Å². The van der Waals surface area contributed by atoms with Gasteiger partial charge in [0.2, 0.25) is 5.43 Å². The molecule has 0 fully saturated rings. The first-order valence-electron chi connectivity index (χ1n) is 7.83. The van der Waals surface area contributed by atoms with Crippen molar-refractivity contribution in [2.24, 2.45) is 0 Å². The molecule has 124 valence electrons. The summed E-state index contributed by atoms with van der Waals surface area (Å²) < 4.78 is 1.53.